The SMILES string of the molecule is Cc1[nH]c(CN(C(=O)C(N)Cc2ccc(OC(=O)C(F)(F)F)cc2)C(C)C)nc1-c1ccccc1. The van der Waals surface area contributed by atoms with E-state index < -0.39 is 18.2 Å². The van der Waals surface area contributed by atoms with Gasteiger partial charge in [-0.15, -0.1) is 0 Å². The number of imidazole rings is 1. The van der Waals surface area contributed by atoms with E-state index in [1.807, 2.05) is 51.1 Å². The lowest BCUT2D eigenvalue weighted by atomic mass is 10.0. The second-order valence-corrected chi connectivity index (χ2v) is 8.42. The van der Waals surface area contributed by atoms with Crippen LogP contribution < -0.4 is 10.5 Å². The highest BCUT2D eigenvalue weighted by Gasteiger charge is 2.41. The standard InChI is InChI=1S/C25H27F3N4O3/c1-15(2)32(14-21-30-16(3)22(31-21)18-7-5-4-6-8-18)23(33)20(29)13-17-9-11-19(12-10-17)35-24(34)25(26,27)28/h4-12,15,20H,13-14,29H2,1-3H3,(H,30,31). The number of nitrogens with two attached hydrogens (primary N) is 1. The first-order chi connectivity index (χ1) is 16.5. The van der Waals surface area contributed by atoms with Crippen molar-refractivity contribution < 1.29 is 27.5 Å². The molecule has 0 bridgehead atoms. The molecule has 35 heavy (non-hydrogen) atoms. The first kappa shape index (κ1) is 26.0. The normalized spacial score (nSPS) is 12.5. The third kappa shape index (κ3) is 6.69. The van der Waals surface area contributed by atoms with Gasteiger partial charge in [0.25, 0.3) is 0 Å². The number of alkyl halides is 3. The van der Waals surface area contributed by atoms with Crippen LogP contribution in [0.1, 0.15) is 30.9 Å². The third-order valence-electron chi connectivity index (χ3n) is 5.35. The van der Waals surface area contributed by atoms with E-state index in [4.69, 9.17) is 5.73 Å². The highest BCUT2D eigenvalue weighted by molar-refractivity contribution is 5.82. The number of H-pyrrole nitrogens is 1. The lowest BCUT2D eigenvalue weighted by Crippen LogP contribution is -2.47. The van der Waals surface area contributed by atoms with E-state index >= 15 is 0 Å². The number of nitrogens with one attached hydrogen (secondary N) is 1. The number of amides is 1. The molecule has 7 nitrogen and oxygen atoms in total. The maximum Gasteiger partial charge on any atom is 0.491 e. The van der Waals surface area contributed by atoms with Gasteiger partial charge in [-0.3, -0.25) is 4.79 Å². The van der Waals surface area contributed by atoms with Crippen LogP contribution in [0.3, 0.4) is 0 Å². The lowest BCUT2D eigenvalue weighted by Gasteiger charge is -2.28. The van der Waals surface area contributed by atoms with Crippen molar-refractivity contribution in [3.8, 4) is 17.0 Å². The Morgan fingerprint density at radius 3 is 2.29 bits per heavy atom. The first-order valence-corrected chi connectivity index (χ1v) is 11.0. The molecule has 0 saturated heterocycles. The number of aryl methyl sites for hydroxylation is 1. The molecular formula is C25H27F3N4O3. The monoisotopic (exact) mass is 488 g/mol. The van der Waals surface area contributed by atoms with E-state index in [-0.39, 0.29) is 30.7 Å². The van der Waals surface area contributed by atoms with Crippen LogP contribution >= 0.6 is 0 Å². The van der Waals surface area contributed by atoms with Crippen LogP contribution in [0, 0.1) is 6.92 Å². The highest BCUT2D eigenvalue weighted by atomic mass is 19.4. The van der Waals surface area contributed by atoms with Crippen molar-refractivity contribution >= 4 is 11.9 Å². The number of aromatic amines is 1. The van der Waals surface area contributed by atoms with Crippen LogP contribution in [0.15, 0.2) is 54.6 Å². The summed E-state index contributed by atoms with van der Waals surface area (Å²) in [6, 6.07) is 14.1. The Hall–Kier alpha value is -3.66. The second kappa shape index (κ2) is 10.7. The molecule has 3 rings (SSSR count). The van der Waals surface area contributed by atoms with Crippen LogP contribution in [0.5, 0.6) is 5.75 Å². The predicted molar refractivity (Wildman–Crippen MR) is 124 cm³/mol. The molecule has 0 radical (unpaired) electrons. The fourth-order valence-electron chi connectivity index (χ4n) is 3.56. The average Bonchev–Trinajstić information content (AvgIpc) is 3.18. The molecule has 0 fully saturated rings. The molecule has 1 amide bonds. The van der Waals surface area contributed by atoms with Crippen molar-refractivity contribution in [3.63, 3.8) is 0 Å². The van der Waals surface area contributed by atoms with Gasteiger partial charge in [-0.05, 0) is 44.9 Å². The van der Waals surface area contributed by atoms with E-state index in [0.29, 0.717) is 11.4 Å². The summed E-state index contributed by atoms with van der Waals surface area (Å²) < 4.78 is 41.3. The first-order valence-electron chi connectivity index (χ1n) is 11.0. The zero-order valence-corrected chi connectivity index (χ0v) is 19.6. The molecule has 186 valence electrons. The number of halogens is 3. The Balaban J connectivity index is 1.67. The molecule has 0 aliphatic heterocycles. The topological polar surface area (TPSA) is 101 Å². The molecule has 3 aromatic rings. The average molecular weight is 489 g/mol. The van der Waals surface area contributed by atoms with E-state index in [2.05, 4.69) is 14.7 Å². The van der Waals surface area contributed by atoms with Gasteiger partial charge in [0.05, 0.1) is 18.3 Å². The van der Waals surface area contributed by atoms with Crippen LogP contribution in [0.2, 0.25) is 0 Å². The molecule has 1 aromatic heterocycles. The van der Waals surface area contributed by atoms with Gasteiger partial charge in [-0.25, -0.2) is 9.78 Å². The molecule has 10 heteroatoms. The second-order valence-electron chi connectivity index (χ2n) is 8.42. The van der Waals surface area contributed by atoms with E-state index in [0.717, 1.165) is 17.0 Å². The number of esters is 1. The molecule has 3 N–H and O–H groups in total. The Bertz CT molecular complexity index is 1160. The minimum atomic E-state index is -5.08. The molecule has 1 heterocycles. The number of hydrogen-bond acceptors (Lipinski definition) is 5. The minimum absolute atomic E-state index is 0.150. The van der Waals surface area contributed by atoms with Crippen LogP contribution in [0.4, 0.5) is 13.2 Å². The van der Waals surface area contributed by atoms with E-state index in [9.17, 15) is 22.8 Å². The van der Waals surface area contributed by atoms with Gasteiger partial charge in [-0.2, -0.15) is 13.2 Å². The van der Waals surface area contributed by atoms with Gasteiger partial charge in [0.1, 0.15) is 11.6 Å². The van der Waals surface area contributed by atoms with E-state index in [1.165, 1.54) is 24.3 Å². The van der Waals surface area contributed by atoms with Gasteiger partial charge >= 0.3 is 12.1 Å². The number of benzene rings is 2. The number of carbonyl (C=O) groups is 2. The third-order valence-corrected chi connectivity index (χ3v) is 5.35. The molecule has 0 saturated carbocycles. The Morgan fingerprint density at radius 1 is 1.09 bits per heavy atom. The van der Waals surface area contributed by atoms with Crippen LogP contribution in [-0.2, 0) is 22.6 Å². The molecule has 1 atom stereocenters. The van der Waals surface area contributed by atoms with Crippen LogP contribution in [-0.4, -0.2) is 45.0 Å². The maximum absolute atomic E-state index is 13.1. The van der Waals surface area contributed by atoms with Crippen LogP contribution in [0.25, 0.3) is 11.3 Å². The summed E-state index contributed by atoms with van der Waals surface area (Å²) in [5.41, 5.74) is 9.47. The number of carbonyl (C=O) groups excluding carboxylic acids is 2. The quantitative estimate of drug-likeness (QED) is 0.366. The lowest BCUT2D eigenvalue weighted by molar-refractivity contribution is -0.189. The fourth-order valence-corrected chi connectivity index (χ4v) is 3.56. The van der Waals surface area contributed by atoms with Crippen molar-refractivity contribution in [1.29, 1.82) is 0 Å². The zero-order valence-electron chi connectivity index (χ0n) is 19.6. The van der Waals surface area contributed by atoms with Crippen molar-refractivity contribution in [3.05, 3.63) is 71.7 Å². The number of ether oxygens (including phenoxy) is 1. The Kier molecular flexibility index (Phi) is 7.96. The maximum atomic E-state index is 13.1. The summed E-state index contributed by atoms with van der Waals surface area (Å²) >= 11 is 0. The van der Waals surface area contributed by atoms with Crippen molar-refractivity contribution in [2.45, 2.75) is 52.0 Å². The summed E-state index contributed by atoms with van der Waals surface area (Å²) in [7, 11) is 0. The summed E-state index contributed by atoms with van der Waals surface area (Å²) in [6.45, 7) is 5.91. The molecular weight excluding hydrogens is 461 g/mol. The summed E-state index contributed by atoms with van der Waals surface area (Å²) in [6.07, 6.45) is -4.93. The summed E-state index contributed by atoms with van der Waals surface area (Å²) in [5, 5.41) is 0. The van der Waals surface area contributed by atoms with Crippen molar-refractivity contribution in [2.75, 3.05) is 0 Å². The Labute approximate surface area is 201 Å². The Morgan fingerprint density at radius 2 is 1.71 bits per heavy atom. The van der Waals surface area contributed by atoms with Gasteiger partial charge in [0, 0.05) is 17.3 Å². The minimum Gasteiger partial charge on any atom is -0.420 e. The van der Waals surface area contributed by atoms with Gasteiger partial charge in [0.2, 0.25) is 5.91 Å². The highest BCUT2D eigenvalue weighted by Crippen LogP contribution is 2.23. The predicted octanol–water partition coefficient (Wildman–Crippen LogP) is 4.16. The molecule has 1 unspecified atom stereocenters. The van der Waals surface area contributed by atoms with Gasteiger partial charge in [0.15, 0.2) is 0 Å². The fraction of sp³-hybridized carbons (Fsp3) is 0.320. The van der Waals surface area contributed by atoms with Crippen molar-refractivity contribution in [2.24, 2.45) is 5.73 Å². The summed E-state index contributed by atoms with van der Waals surface area (Å²) in [5.74, 6) is -2.20. The van der Waals surface area contributed by atoms with E-state index in [1.54, 1.807) is 4.90 Å². The molecule has 0 aliphatic carbocycles. The summed E-state index contributed by atoms with van der Waals surface area (Å²) in [4.78, 5) is 33.6. The number of hydrogen-bond donors (Lipinski definition) is 2. The number of rotatable bonds is 8. The number of nitrogens with zero attached hydrogens (tertiary/aromatic N) is 2. The molecule has 2 aromatic carbocycles. The van der Waals surface area contributed by atoms with Gasteiger partial charge < -0.3 is 20.4 Å². The smallest absolute Gasteiger partial charge is 0.420 e. The van der Waals surface area contributed by atoms with Gasteiger partial charge in [-0.1, -0.05) is 42.5 Å². The number of aromatic nitrogens is 2. The zero-order chi connectivity index (χ0) is 25.8. The molecule has 0 spiro atoms. The molecule has 0 aliphatic rings. The largest absolute Gasteiger partial charge is 0.491 e. The van der Waals surface area contributed by atoms with Crippen molar-refractivity contribution in [1.82, 2.24) is 14.9 Å².